The molecular weight excluding hydrogens is 103 g/mol. The summed E-state index contributed by atoms with van der Waals surface area (Å²) in [7, 11) is 0. The summed E-state index contributed by atoms with van der Waals surface area (Å²) in [6.07, 6.45) is 0.0417. The first-order valence-corrected chi connectivity index (χ1v) is 2.17. The van der Waals surface area contributed by atoms with Crippen molar-refractivity contribution >= 4 is 23.9 Å². The predicted molar refractivity (Wildman–Crippen MR) is 31.4 cm³/mol. The monoisotopic (exact) mass is 110 g/mol. The summed E-state index contributed by atoms with van der Waals surface area (Å²) in [5.74, 6) is 0. The molecule has 0 radical (unpaired) electrons. The van der Waals surface area contributed by atoms with Crippen LogP contribution in [0.15, 0.2) is 12.7 Å². The van der Waals surface area contributed by atoms with E-state index in [0.717, 1.165) is 5.09 Å². The molecule has 0 amide bonds. The Labute approximate surface area is 57.2 Å². The molecule has 0 aliphatic heterocycles. The second-order valence-electron chi connectivity index (χ2n) is 0.979. The maximum atomic E-state index is 8.56. The molecule has 8 heavy (non-hydrogen) atoms. The molecule has 0 fully saturated rings. The molecule has 2 N–H and O–H groups in total. The molecule has 0 saturated heterocycles. The fraction of sp³-hybridized carbons (Fsp3) is 0.250. The Morgan fingerprint density at radius 3 is 1.88 bits per heavy atom. The SMILES string of the molecule is O=C(O)O.[Li][CH2]C=C. The first kappa shape index (κ1) is 10.6. The van der Waals surface area contributed by atoms with Gasteiger partial charge in [-0.25, -0.2) is 4.79 Å². The van der Waals surface area contributed by atoms with Crippen LogP contribution in [0.5, 0.6) is 0 Å². The second-order valence-corrected chi connectivity index (χ2v) is 0.979. The summed E-state index contributed by atoms with van der Waals surface area (Å²) in [6.45, 7) is 3.48. The van der Waals surface area contributed by atoms with E-state index < -0.39 is 6.16 Å². The first-order valence-electron chi connectivity index (χ1n) is 2.17. The van der Waals surface area contributed by atoms with Gasteiger partial charge in [-0.3, -0.25) is 0 Å². The summed E-state index contributed by atoms with van der Waals surface area (Å²) in [5.41, 5.74) is 0. The minimum atomic E-state index is -1.83. The zero-order chi connectivity index (χ0) is 6.99. The Morgan fingerprint density at radius 2 is 1.88 bits per heavy atom. The molecule has 0 unspecified atom stereocenters. The Morgan fingerprint density at radius 1 is 1.75 bits per heavy atom. The second kappa shape index (κ2) is 9.79. The first-order chi connectivity index (χ1) is 3.65. The number of carbonyl (C=O) groups is 1. The van der Waals surface area contributed by atoms with Crippen LogP contribution in [-0.2, 0) is 0 Å². The van der Waals surface area contributed by atoms with Gasteiger partial charge in [0, 0.05) is 0 Å². The van der Waals surface area contributed by atoms with Crippen LogP contribution in [0.3, 0.4) is 0 Å². The predicted octanol–water partition coefficient (Wildman–Crippen LogP) is 0.982. The molecule has 0 aliphatic rings. The zero-order valence-electron chi connectivity index (χ0n) is 4.79. The molecule has 4 heteroatoms. The van der Waals surface area contributed by atoms with Crippen LogP contribution in [0.1, 0.15) is 0 Å². The molecule has 3 nitrogen and oxygen atoms in total. The number of hydrogen-bond donors (Lipinski definition) is 2. The van der Waals surface area contributed by atoms with Gasteiger partial charge in [0.25, 0.3) is 0 Å². The molecule has 0 rings (SSSR count). The van der Waals surface area contributed by atoms with Crippen molar-refractivity contribution in [1.29, 1.82) is 0 Å². The van der Waals surface area contributed by atoms with Gasteiger partial charge >= 0.3 is 41.6 Å². The number of allylic oxidation sites excluding steroid dienone is 1. The molecule has 0 spiro atoms. The van der Waals surface area contributed by atoms with E-state index in [-0.39, 0.29) is 0 Å². The third-order valence-electron chi connectivity index (χ3n) is 0.289. The minimum absolute atomic E-state index is 1.08. The van der Waals surface area contributed by atoms with Gasteiger partial charge in [0.05, 0.1) is 0 Å². The maximum absolute atomic E-state index is 8.56. The van der Waals surface area contributed by atoms with Crippen LogP contribution in [0, 0.1) is 0 Å². The van der Waals surface area contributed by atoms with E-state index in [2.05, 4.69) is 24.3 Å². The molecule has 42 valence electrons. The Bertz CT molecular complexity index is 67.7. The van der Waals surface area contributed by atoms with E-state index in [0.29, 0.717) is 0 Å². The van der Waals surface area contributed by atoms with Gasteiger partial charge < -0.3 is 10.2 Å². The van der Waals surface area contributed by atoms with Crippen LogP contribution in [-0.4, -0.2) is 34.1 Å². The Balaban J connectivity index is 0. The van der Waals surface area contributed by atoms with Crippen molar-refractivity contribution in [3.05, 3.63) is 12.7 Å². The number of carboxylic acid groups (broad SMARTS) is 2. The van der Waals surface area contributed by atoms with Crippen LogP contribution in [0.4, 0.5) is 4.79 Å². The zero-order valence-corrected chi connectivity index (χ0v) is 4.79. The van der Waals surface area contributed by atoms with Crippen molar-refractivity contribution in [2.45, 2.75) is 5.09 Å². The summed E-state index contributed by atoms with van der Waals surface area (Å²) in [5, 5.41) is 15.0. The fourth-order valence-corrected chi connectivity index (χ4v) is 0. The van der Waals surface area contributed by atoms with Crippen molar-refractivity contribution in [2.24, 2.45) is 0 Å². The molecule has 0 aliphatic carbocycles. The van der Waals surface area contributed by atoms with Gasteiger partial charge in [-0.15, -0.1) is 0 Å². The van der Waals surface area contributed by atoms with Crippen molar-refractivity contribution in [3.63, 3.8) is 0 Å². The summed E-state index contributed by atoms with van der Waals surface area (Å²) < 4.78 is 0. The number of hydrogen-bond acceptors (Lipinski definition) is 1. The van der Waals surface area contributed by atoms with Crippen molar-refractivity contribution < 1.29 is 15.0 Å². The molecular formula is C4H7LiO3. The van der Waals surface area contributed by atoms with E-state index in [9.17, 15) is 0 Å². The molecule has 0 saturated carbocycles. The summed E-state index contributed by atoms with van der Waals surface area (Å²) >= 11 is 2.06. The van der Waals surface area contributed by atoms with Crippen LogP contribution < -0.4 is 0 Å². The van der Waals surface area contributed by atoms with Crippen molar-refractivity contribution in [1.82, 2.24) is 0 Å². The van der Waals surface area contributed by atoms with E-state index in [1.54, 1.807) is 0 Å². The average Bonchev–Trinajstić information content (AvgIpc) is 1.65. The van der Waals surface area contributed by atoms with Gasteiger partial charge in [0.1, 0.15) is 0 Å². The average molecular weight is 110 g/mol. The van der Waals surface area contributed by atoms with Gasteiger partial charge in [0.2, 0.25) is 0 Å². The van der Waals surface area contributed by atoms with Gasteiger partial charge in [-0.05, 0) is 0 Å². The van der Waals surface area contributed by atoms with Gasteiger partial charge in [-0.2, -0.15) is 0 Å². The van der Waals surface area contributed by atoms with Crippen LogP contribution in [0.2, 0.25) is 5.09 Å². The van der Waals surface area contributed by atoms with E-state index >= 15 is 0 Å². The normalized spacial score (nSPS) is 6.25. The summed E-state index contributed by atoms with van der Waals surface area (Å²) in [6, 6.07) is 0. The van der Waals surface area contributed by atoms with E-state index in [1.807, 2.05) is 6.08 Å². The van der Waals surface area contributed by atoms with Crippen LogP contribution >= 0.6 is 0 Å². The van der Waals surface area contributed by atoms with Gasteiger partial charge in [-0.1, -0.05) is 0 Å². The molecule has 0 aromatic carbocycles. The third kappa shape index (κ3) is 323. The standard InChI is InChI=1S/C3H5.CH2O3.Li/c1-3-2;2-1(3)4;/h3H,1-2H2;(H2,2,3,4);. The Hall–Kier alpha value is -0.393. The number of rotatable bonds is 1. The molecule has 0 aromatic heterocycles. The van der Waals surface area contributed by atoms with E-state index in [4.69, 9.17) is 15.0 Å². The van der Waals surface area contributed by atoms with Crippen molar-refractivity contribution in [2.75, 3.05) is 0 Å². The van der Waals surface area contributed by atoms with Crippen LogP contribution in [0.25, 0.3) is 0 Å². The Kier molecular flexibility index (Phi) is 12.9. The van der Waals surface area contributed by atoms with Gasteiger partial charge in [0.15, 0.2) is 0 Å². The quantitative estimate of drug-likeness (QED) is 0.390. The summed E-state index contributed by atoms with van der Waals surface area (Å²) in [4.78, 5) is 8.56. The third-order valence-corrected chi connectivity index (χ3v) is 0.289. The van der Waals surface area contributed by atoms with E-state index in [1.165, 1.54) is 0 Å². The molecule has 0 heterocycles. The molecule has 0 atom stereocenters. The van der Waals surface area contributed by atoms with Crippen molar-refractivity contribution in [3.8, 4) is 0 Å². The fourth-order valence-electron chi connectivity index (χ4n) is 0. The molecule has 0 bridgehead atoms. The molecule has 0 aromatic rings. The topological polar surface area (TPSA) is 57.5 Å².